The first kappa shape index (κ1) is 20.0. The maximum absolute atomic E-state index is 12.6. The third-order valence-electron chi connectivity index (χ3n) is 4.62. The van der Waals surface area contributed by atoms with Gasteiger partial charge < -0.3 is 15.0 Å². The smallest absolute Gasteiger partial charge is 0.265 e. The van der Waals surface area contributed by atoms with Crippen molar-refractivity contribution in [2.45, 2.75) is 12.8 Å². The number of nitrogens with zero attached hydrogens (tertiary/aromatic N) is 2. The standard InChI is InChI=1S/C17H22BrN3O3.ClH/c1-19-9-12-4-6-20(7-5-12)16(22)10-21-14-3-2-13(18)8-15(14)24-11-17(21)23;/h2-3,8,12,19H,4-7,9-11H2,1H3;1H. The Labute approximate surface area is 162 Å². The lowest BCUT2D eigenvalue weighted by molar-refractivity contribution is -0.133. The first-order chi connectivity index (χ1) is 11.6. The lowest BCUT2D eigenvalue weighted by Gasteiger charge is -2.35. The second-order valence-electron chi connectivity index (χ2n) is 6.26. The molecule has 2 aliphatic heterocycles. The number of hydrogen-bond acceptors (Lipinski definition) is 4. The lowest BCUT2D eigenvalue weighted by atomic mass is 9.97. The van der Waals surface area contributed by atoms with Crippen molar-refractivity contribution < 1.29 is 14.3 Å². The number of nitrogens with one attached hydrogen (secondary N) is 1. The molecule has 0 bridgehead atoms. The molecule has 1 aromatic rings. The molecule has 0 aromatic heterocycles. The average molecular weight is 433 g/mol. The molecule has 0 aliphatic carbocycles. The highest BCUT2D eigenvalue weighted by Crippen LogP contribution is 2.34. The van der Waals surface area contributed by atoms with E-state index in [1.54, 1.807) is 0 Å². The van der Waals surface area contributed by atoms with E-state index in [1.165, 1.54) is 4.90 Å². The second-order valence-corrected chi connectivity index (χ2v) is 7.18. The Morgan fingerprint density at radius 3 is 2.76 bits per heavy atom. The zero-order chi connectivity index (χ0) is 17.1. The van der Waals surface area contributed by atoms with E-state index in [2.05, 4.69) is 21.2 Å². The van der Waals surface area contributed by atoms with E-state index in [0.717, 1.165) is 36.9 Å². The van der Waals surface area contributed by atoms with Gasteiger partial charge in [-0.25, -0.2) is 0 Å². The van der Waals surface area contributed by atoms with E-state index >= 15 is 0 Å². The van der Waals surface area contributed by atoms with E-state index in [1.807, 2.05) is 30.1 Å². The number of ether oxygens (including phenoxy) is 1. The van der Waals surface area contributed by atoms with Gasteiger partial charge in [0.1, 0.15) is 12.3 Å². The summed E-state index contributed by atoms with van der Waals surface area (Å²) in [6.07, 6.45) is 2.01. The average Bonchev–Trinajstić information content (AvgIpc) is 2.58. The number of halogens is 2. The molecule has 0 spiro atoms. The molecule has 138 valence electrons. The molecule has 1 fully saturated rings. The Morgan fingerprint density at radius 1 is 1.36 bits per heavy atom. The van der Waals surface area contributed by atoms with Gasteiger partial charge in [-0.05, 0) is 50.6 Å². The molecule has 0 unspecified atom stereocenters. The van der Waals surface area contributed by atoms with Crippen LogP contribution in [-0.4, -0.2) is 56.5 Å². The topological polar surface area (TPSA) is 61.9 Å². The molecule has 1 N–H and O–H groups in total. The van der Waals surface area contributed by atoms with Crippen LogP contribution in [0.2, 0.25) is 0 Å². The van der Waals surface area contributed by atoms with Crippen LogP contribution in [0.5, 0.6) is 5.75 Å². The van der Waals surface area contributed by atoms with Gasteiger partial charge >= 0.3 is 0 Å². The number of fused-ring (bicyclic) bond motifs is 1. The second kappa shape index (κ2) is 8.87. The molecule has 3 rings (SSSR count). The Balaban J connectivity index is 0.00000225. The number of anilines is 1. The van der Waals surface area contributed by atoms with Crippen LogP contribution in [0, 0.1) is 5.92 Å². The van der Waals surface area contributed by atoms with Crippen molar-refractivity contribution in [2.24, 2.45) is 5.92 Å². The van der Waals surface area contributed by atoms with Gasteiger partial charge in [0.05, 0.1) is 5.69 Å². The zero-order valence-corrected chi connectivity index (χ0v) is 16.6. The summed E-state index contributed by atoms with van der Waals surface area (Å²) in [6, 6.07) is 5.48. The van der Waals surface area contributed by atoms with Crippen LogP contribution in [0.4, 0.5) is 5.69 Å². The quantitative estimate of drug-likeness (QED) is 0.791. The van der Waals surface area contributed by atoms with Crippen molar-refractivity contribution in [3.63, 3.8) is 0 Å². The fourth-order valence-corrected chi connectivity index (χ4v) is 3.60. The van der Waals surface area contributed by atoms with Gasteiger partial charge in [0.15, 0.2) is 6.61 Å². The summed E-state index contributed by atoms with van der Waals surface area (Å²) in [7, 11) is 1.96. The van der Waals surface area contributed by atoms with Crippen LogP contribution in [0.1, 0.15) is 12.8 Å². The molecule has 2 amide bonds. The van der Waals surface area contributed by atoms with Crippen LogP contribution in [0.25, 0.3) is 0 Å². The molecule has 1 saturated heterocycles. The minimum absolute atomic E-state index is 0. The van der Waals surface area contributed by atoms with Gasteiger partial charge in [0.2, 0.25) is 5.91 Å². The van der Waals surface area contributed by atoms with Gasteiger partial charge in [0.25, 0.3) is 5.91 Å². The molecule has 6 nitrogen and oxygen atoms in total. The predicted molar refractivity (Wildman–Crippen MR) is 102 cm³/mol. The lowest BCUT2D eigenvalue weighted by Crippen LogP contribution is -2.48. The number of piperidine rings is 1. The zero-order valence-electron chi connectivity index (χ0n) is 14.2. The number of rotatable bonds is 4. The number of likely N-dealkylation sites (tertiary alicyclic amines) is 1. The first-order valence-corrected chi connectivity index (χ1v) is 9.03. The predicted octanol–water partition coefficient (Wildman–Crippen LogP) is 2.05. The third-order valence-corrected chi connectivity index (χ3v) is 5.11. The normalized spacial score (nSPS) is 17.6. The maximum Gasteiger partial charge on any atom is 0.265 e. The molecule has 2 heterocycles. The maximum atomic E-state index is 12.6. The highest BCUT2D eigenvalue weighted by Gasteiger charge is 2.30. The van der Waals surface area contributed by atoms with Crippen LogP contribution in [0.15, 0.2) is 22.7 Å². The Hall–Kier alpha value is -1.31. The van der Waals surface area contributed by atoms with Crippen molar-refractivity contribution in [1.82, 2.24) is 10.2 Å². The molecule has 0 atom stereocenters. The third kappa shape index (κ3) is 4.65. The van der Waals surface area contributed by atoms with Gasteiger partial charge in [0, 0.05) is 17.6 Å². The van der Waals surface area contributed by atoms with Crippen LogP contribution >= 0.6 is 28.3 Å². The highest BCUT2D eigenvalue weighted by atomic mass is 79.9. The van der Waals surface area contributed by atoms with E-state index in [9.17, 15) is 9.59 Å². The van der Waals surface area contributed by atoms with E-state index in [4.69, 9.17) is 4.74 Å². The minimum Gasteiger partial charge on any atom is -0.482 e. The minimum atomic E-state index is -0.178. The monoisotopic (exact) mass is 431 g/mol. The Bertz CT molecular complexity index is 636. The number of carbonyl (C=O) groups excluding carboxylic acids is 2. The van der Waals surface area contributed by atoms with Crippen LogP contribution in [-0.2, 0) is 9.59 Å². The molecule has 2 aliphatic rings. The van der Waals surface area contributed by atoms with Crippen molar-refractivity contribution in [3.8, 4) is 5.75 Å². The molecule has 25 heavy (non-hydrogen) atoms. The fraction of sp³-hybridized carbons (Fsp3) is 0.529. The SMILES string of the molecule is CNCC1CCN(C(=O)CN2C(=O)COc3cc(Br)ccc32)CC1.Cl. The van der Waals surface area contributed by atoms with Crippen molar-refractivity contribution in [2.75, 3.05) is 44.7 Å². The van der Waals surface area contributed by atoms with Gasteiger partial charge in [-0.15, -0.1) is 12.4 Å². The van der Waals surface area contributed by atoms with Crippen LogP contribution < -0.4 is 15.0 Å². The summed E-state index contributed by atoms with van der Waals surface area (Å²) in [6.45, 7) is 2.56. The molecule has 0 saturated carbocycles. The summed E-state index contributed by atoms with van der Waals surface area (Å²) < 4.78 is 6.34. The number of benzene rings is 1. The summed E-state index contributed by atoms with van der Waals surface area (Å²) in [4.78, 5) is 28.2. The van der Waals surface area contributed by atoms with Gasteiger partial charge in [-0.3, -0.25) is 14.5 Å². The fourth-order valence-electron chi connectivity index (χ4n) is 3.26. The molecule has 8 heteroatoms. The Kier molecular flexibility index (Phi) is 7.10. The number of amides is 2. The molecular weight excluding hydrogens is 410 g/mol. The van der Waals surface area contributed by atoms with Crippen molar-refractivity contribution >= 4 is 45.8 Å². The number of carbonyl (C=O) groups is 2. The summed E-state index contributed by atoms with van der Waals surface area (Å²) in [5, 5.41) is 3.19. The Morgan fingerprint density at radius 2 is 2.08 bits per heavy atom. The van der Waals surface area contributed by atoms with E-state index in [0.29, 0.717) is 17.4 Å². The molecule has 0 radical (unpaired) electrons. The number of hydrogen-bond donors (Lipinski definition) is 1. The van der Waals surface area contributed by atoms with E-state index < -0.39 is 0 Å². The molecule has 1 aromatic carbocycles. The molecular formula is C17H23BrClN3O3. The summed E-state index contributed by atoms with van der Waals surface area (Å²) >= 11 is 3.39. The highest BCUT2D eigenvalue weighted by molar-refractivity contribution is 9.10. The van der Waals surface area contributed by atoms with Gasteiger partial charge in [-0.2, -0.15) is 0 Å². The van der Waals surface area contributed by atoms with Crippen molar-refractivity contribution in [1.29, 1.82) is 0 Å². The first-order valence-electron chi connectivity index (χ1n) is 8.23. The van der Waals surface area contributed by atoms with Crippen molar-refractivity contribution in [3.05, 3.63) is 22.7 Å². The summed E-state index contributed by atoms with van der Waals surface area (Å²) in [5.41, 5.74) is 0.660. The van der Waals surface area contributed by atoms with Crippen LogP contribution in [0.3, 0.4) is 0 Å². The summed E-state index contributed by atoms with van der Waals surface area (Å²) in [5.74, 6) is 1.08. The van der Waals surface area contributed by atoms with E-state index in [-0.39, 0.29) is 37.4 Å². The van der Waals surface area contributed by atoms with Gasteiger partial charge in [-0.1, -0.05) is 15.9 Å². The largest absolute Gasteiger partial charge is 0.482 e.